The molecule has 1 fully saturated rings. The summed E-state index contributed by atoms with van der Waals surface area (Å²) in [5, 5.41) is 0.458. The fourth-order valence-electron chi connectivity index (χ4n) is 0.742. The third-order valence-electron chi connectivity index (χ3n) is 1.59. The molecule has 0 atom stereocenters. The van der Waals surface area contributed by atoms with Crippen molar-refractivity contribution < 1.29 is 35.9 Å². The van der Waals surface area contributed by atoms with Crippen LogP contribution in [0.2, 0.25) is 0 Å². The average Bonchev–Trinajstić information content (AvgIpc) is 2.01. The number of nitrogens with one attached hydrogen (secondary N) is 1. The monoisotopic (exact) mass is 245 g/mol. The van der Waals surface area contributed by atoms with Gasteiger partial charge in [-0.25, -0.2) is 0 Å². The van der Waals surface area contributed by atoms with Gasteiger partial charge in [-0.2, -0.15) is 26.3 Å². The van der Waals surface area contributed by atoms with E-state index in [1.54, 1.807) is 0 Å². The van der Waals surface area contributed by atoms with Gasteiger partial charge in [0, 0.05) is 0 Å². The van der Waals surface area contributed by atoms with Crippen LogP contribution >= 0.6 is 0 Å². The molecule has 15 heavy (non-hydrogen) atoms. The second kappa shape index (κ2) is 3.63. The van der Waals surface area contributed by atoms with Crippen molar-refractivity contribution >= 4 is 41.4 Å². The number of hydrogen-bond donors (Lipinski definition) is 1. The van der Waals surface area contributed by atoms with Crippen molar-refractivity contribution in [2.45, 2.75) is 17.8 Å². The van der Waals surface area contributed by atoms with Crippen molar-refractivity contribution in [3.8, 4) is 0 Å². The minimum absolute atomic E-state index is 0. The molecule has 0 aromatic heterocycles. The first-order valence-electron chi connectivity index (χ1n) is 3.04. The number of alkyl halides is 6. The molecule has 0 radical (unpaired) electrons. The molecule has 1 rings (SSSR count). The molecule has 1 aliphatic heterocycles. The molecular formula is C5H2F6NNaO2. The quantitative estimate of drug-likeness (QED) is 0.368. The van der Waals surface area contributed by atoms with Crippen LogP contribution in [0.25, 0.3) is 0 Å². The second-order valence-electron chi connectivity index (χ2n) is 2.51. The van der Waals surface area contributed by atoms with Crippen LogP contribution in [0.5, 0.6) is 0 Å². The molecule has 1 aliphatic rings. The Hall–Kier alpha value is -0.280. The number of carbonyl (C=O) groups excluding carboxylic acids is 2. The maximum atomic E-state index is 12.3. The van der Waals surface area contributed by atoms with Gasteiger partial charge in [0.2, 0.25) is 0 Å². The van der Waals surface area contributed by atoms with Gasteiger partial charge in [-0.1, -0.05) is 0 Å². The molecule has 0 saturated carbocycles. The van der Waals surface area contributed by atoms with Crippen LogP contribution in [0, 0.1) is 0 Å². The molecule has 1 saturated heterocycles. The molecule has 82 valence electrons. The van der Waals surface area contributed by atoms with Crippen LogP contribution in [0.1, 0.15) is 0 Å². The Kier molecular flexibility index (Phi) is 3.56. The number of halogens is 6. The summed E-state index contributed by atoms with van der Waals surface area (Å²) >= 11 is 0. The van der Waals surface area contributed by atoms with Crippen LogP contribution in [0.15, 0.2) is 0 Å². The molecule has 0 aliphatic carbocycles. The van der Waals surface area contributed by atoms with E-state index in [9.17, 15) is 35.9 Å². The zero-order valence-corrected chi connectivity index (χ0v) is 6.08. The molecule has 2 amide bonds. The number of carbonyl (C=O) groups is 2. The fraction of sp³-hybridized carbons (Fsp3) is 0.600. The predicted molar refractivity (Wildman–Crippen MR) is 35.1 cm³/mol. The molecular weight excluding hydrogens is 243 g/mol. The van der Waals surface area contributed by atoms with E-state index in [0.29, 0.717) is 5.32 Å². The second-order valence-corrected chi connectivity index (χ2v) is 2.51. The summed E-state index contributed by atoms with van der Waals surface area (Å²) in [5.74, 6) is -22.7. The first-order chi connectivity index (χ1) is 6.05. The molecule has 10 heteroatoms. The van der Waals surface area contributed by atoms with Gasteiger partial charge in [0.15, 0.2) is 0 Å². The van der Waals surface area contributed by atoms with Crippen molar-refractivity contribution in [1.82, 2.24) is 5.32 Å². The van der Waals surface area contributed by atoms with Crippen LogP contribution in [0.3, 0.4) is 0 Å². The Bertz CT molecular complexity index is 289. The van der Waals surface area contributed by atoms with E-state index in [1.165, 1.54) is 0 Å². The number of imide groups is 1. The van der Waals surface area contributed by atoms with Gasteiger partial charge in [-0.3, -0.25) is 14.9 Å². The van der Waals surface area contributed by atoms with Gasteiger partial charge in [0.25, 0.3) is 0 Å². The third kappa shape index (κ3) is 1.66. The minimum atomic E-state index is -6.01. The fourth-order valence-corrected chi connectivity index (χ4v) is 0.742. The van der Waals surface area contributed by atoms with Gasteiger partial charge in [-0.15, -0.1) is 0 Å². The zero-order valence-electron chi connectivity index (χ0n) is 6.08. The van der Waals surface area contributed by atoms with E-state index in [1.807, 2.05) is 0 Å². The Morgan fingerprint density at radius 3 is 1.33 bits per heavy atom. The molecule has 0 aromatic carbocycles. The van der Waals surface area contributed by atoms with Crippen LogP contribution in [-0.4, -0.2) is 59.1 Å². The predicted octanol–water partition coefficient (Wildman–Crippen LogP) is -0.0998. The third-order valence-corrected chi connectivity index (χ3v) is 1.59. The number of rotatable bonds is 0. The summed E-state index contributed by atoms with van der Waals surface area (Å²) in [5.41, 5.74) is 0. The summed E-state index contributed by atoms with van der Waals surface area (Å²) in [4.78, 5) is 20.3. The topological polar surface area (TPSA) is 46.2 Å². The average molecular weight is 245 g/mol. The van der Waals surface area contributed by atoms with Gasteiger partial charge >= 0.3 is 59.1 Å². The Labute approximate surface area is 100 Å². The Morgan fingerprint density at radius 2 is 1.07 bits per heavy atom. The van der Waals surface area contributed by atoms with Crippen molar-refractivity contribution in [2.24, 2.45) is 0 Å². The van der Waals surface area contributed by atoms with Gasteiger partial charge in [-0.05, 0) is 0 Å². The van der Waals surface area contributed by atoms with Gasteiger partial charge < -0.3 is 0 Å². The molecule has 0 bridgehead atoms. The van der Waals surface area contributed by atoms with Crippen molar-refractivity contribution in [3.05, 3.63) is 0 Å². The van der Waals surface area contributed by atoms with Crippen LogP contribution < -0.4 is 5.32 Å². The Balaban J connectivity index is 0.00000196. The summed E-state index contributed by atoms with van der Waals surface area (Å²) in [6, 6.07) is 0. The molecule has 1 heterocycles. The molecule has 3 nitrogen and oxygen atoms in total. The maximum absolute atomic E-state index is 12.3. The van der Waals surface area contributed by atoms with Crippen LogP contribution in [-0.2, 0) is 9.59 Å². The van der Waals surface area contributed by atoms with E-state index in [4.69, 9.17) is 0 Å². The SMILES string of the molecule is O=C1NC(=O)C(F)(F)C(F)(F)C1(F)F.[NaH]. The van der Waals surface area contributed by atoms with Gasteiger partial charge in [0.1, 0.15) is 0 Å². The number of amides is 2. The van der Waals surface area contributed by atoms with Crippen LogP contribution in [0.4, 0.5) is 26.3 Å². The van der Waals surface area contributed by atoms with E-state index < -0.39 is 29.6 Å². The molecule has 0 aromatic rings. The summed E-state index contributed by atoms with van der Waals surface area (Å²) in [6.07, 6.45) is 0. The Morgan fingerprint density at radius 1 is 0.800 bits per heavy atom. The number of piperidine rings is 1. The standard InChI is InChI=1S/C5HF6NO2.Na.H/c6-3(7)1(13)12-2(14)4(8,9)5(3,10)11;;/h(H,12,13,14);;. The van der Waals surface area contributed by atoms with E-state index in [-0.39, 0.29) is 29.6 Å². The van der Waals surface area contributed by atoms with E-state index >= 15 is 0 Å². The van der Waals surface area contributed by atoms with Gasteiger partial charge in [0.05, 0.1) is 0 Å². The van der Waals surface area contributed by atoms with Crippen molar-refractivity contribution in [2.75, 3.05) is 0 Å². The van der Waals surface area contributed by atoms with Crippen molar-refractivity contribution in [3.63, 3.8) is 0 Å². The van der Waals surface area contributed by atoms with E-state index in [2.05, 4.69) is 0 Å². The summed E-state index contributed by atoms with van der Waals surface area (Å²) in [7, 11) is 0. The molecule has 0 unspecified atom stereocenters. The normalized spacial score (nSPS) is 26.5. The van der Waals surface area contributed by atoms with E-state index in [0.717, 1.165) is 0 Å². The molecule has 1 N–H and O–H groups in total. The number of hydrogen-bond acceptors (Lipinski definition) is 2. The summed E-state index contributed by atoms with van der Waals surface area (Å²) < 4.78 is 73.6. The first kappa shape index (κ1) is 14.7. The first-order valence-corrected chi connectivity index (χ1v) is 3.04. The van der Waals surface area contributed by atoms with Crippen molar-refractivity contribution in [1.29, 1.82) is 0 Å². The summed E-state index contributed by atoms with van der Waals surface area (Å²) in [6.45, 7) is 0. The molecule has 0 spiro atoms. The zero-order chi connectivity index (χ0) is 11.4.